The van der Waals surface area contributed by atoms with Crippen molar-refractivity contribution in [3.05, 3.63) is 23.9 Å². The number of halogens is 9. The van der Waals surface area contributed by atoms with Gasteiger partial charge in [0.25, 0.3) is 0 Å². The molecule has 0 amide bonds. The lowest BCUT2D eigenvalue weighted by Crippen LogP contribution is -2.41. The predicted molar refractivity (Wildman–Crippen MR) is 140 cm³/mol. The lowest BCUT2D eigenvalue weighted by molar-refractivity contribution is -0.193. The molecule has 0 bridgehead atoms. The van der Waals surface area contributed by atoms with Crippen LogP contribution >= 0.6 is 0 Å². The van der Waals surface area contributed by atoms with E-state index >= 15 is 0 Å². The maximum absolute atomic E-state index is 10.6. The number of pyridine rings is 1. The SMILES string of the molecule is COc1ncccc1CN1CCOCC2(CCN(CCN(C)C)C2)C1.O=C(O)C(F)(F)F.O=C(O)C(F)(F)F.O=C(O)C(F)(F)F. The number of aromatic nitrogens is 1. The predicted octanol–water partition coefficient (Wildman–Crippen LogP) is 3.08. The van der Waals surface area contributed by atoms with E-state index in [4.69, 9.17) is 39.2 Å². The fraction of sp³-hybridized carbons (Fsp3) is 0.680. The number of aliphatic carboxylic acids is 3. The van der Waals surface area contributed by atoms with Gasteiger partial charge < -0.3 is 34.6 Å². The average Bonchev–Trinajstić information content (AvgIpc) is 3.21. The Balaban J connectivity index is 0.000000786. The Morgan fingerprint density at radius 2 is 1.39 bits per heavy atom. The first kappa shape index (κ1) is 42.6. The van der Waals surface area contributed by atoms with Gasteiger partial charge >= 0.3 is 36.4 Å². The molecule has 46 heavy (non-hydrogen) atoms. The first-order valence-corrected chi connectivity index (χ1v) is 13.0. The number of likely N-dealkylation sites (N-methyl/N-ethyl adjacent to an activating group) is 1. The van der Waals surface area contributed by atoms with Crippen molar-refractivity contribution in [2.24, 2.45) is 5.41 Å². The highest BCUT2D eigenvalue weighted by Gasteiger charge is 2.41. The molecular weight excluding hydrogens is 655 g/mol. The van der Waals surface area contributed by atoms with E-state index < -0.39 is 36.4 Å². The molecule has 0 saturated carbocycles. The molecule has 12 nitrogen and oxygen atoms in total. The summed E-state index contributed by atoms with van der Waals surface area (Å²) in [4.78, 5) is 38.4. The first-order valence-electron chi connectivity index (χ1n) is 13.0. The number of methoxy groups -OCH3 is 1. The molecule has 266 valence electrons. The fourth-order valence-corrected chi connectivity index (χ4v) is 3.99. The zero-order chi connectivity index (χ0) is 35.9. The quantitative estimate of drug-likeness (QED) is 0.376. The molecular formula is C25H35F9N4O8. The topological polar surface area (TPSA) is 153 Å². The number of likely N-dealkylation sites (tertiary alicyclic amines) is 1. The minimum absolute atomic E-state index is 0.262. The van der Waals surface area contributed by atoms with Crippen LogP contribution in [0.4, 0.5) is 39.5 Å². The second kappa shape index (κ2) is 18.6. The summed E-state index contributed by atoms with van der Waals surface area (Å²) >= 11 is 0. The highest BCUT2D eigenvalue weighted by atomic mass is 19.4. The van der Waals surface area contributed by atoms with Crippen molar-refractivity contribution < 1.29 is 78.7 Å². The van der Waals surface area contributed by atoms with Gasteiger partial charge in [0.2, 0.25) is 5.88 Å². The zero-order valence-electron chi connectivity index (χ0n) is 24.9. The van der Waals surface area contributed by atoms with Crippen LogP contribution in [0.2, 0.25) is 0 Å². The van der Waals surface area contributed by atoms with Crippen LogP contribution in [0, 0.1) is 5.41 Å². The molecule has 1 spiro atoms. The van der Waals surface area contributed by atoms with Crippen LogP contribution in [0.1, 0.15) is 12.0 Å². The molecule has 1 atom stereocenters. The Labute approximate surface area is 257 Å². The van der Waals surface area contributed by atoms with E-state index in [0.29, 0.717) is 0 Å². The van der Waals surface area contributed by atoms with Crippen LogP contribution in [0.25, 0.3) is 0 Å². The number of carboxylic acid groups (broad SMARTS) is 3. The largest absolute Gasteiger partial charge is 0.490 e. The van der Waals surface area contributed by atoms with Crippen molar-refractivity contribution in [1.82, 2.24) is 19.7 Å². The van der Waals surface area contributed by atoms with Crippen molar-refractivity contribution in [2.75, 3.05) is 73.7 Å². The first-order chi connectivity index (χ1) is 20.9. The highest BCUT2D eigenvalue weighted by Crippen LogP contribution is 2.34. The van der Waals surface area contributed by atoms with Crippen molar-refractivity contribution in [1.29, 1.82) is 0 Å². The Kier molecular flexibility index (Phi) is 17.3. The molecule has 3 heterocycles. The second-order valence-electron chi connectivity index (χ2n) is 10.2. The Bertz CT molecular complexity index is 1050. The summed E-state index contributed by atoms with van der Waals surface area (Å²) in [6, 6.07) is 4.10. The minimum Gasteiger partial charge on any atom is -0.481 e. The van der Waals surface area contributed by atoms with Gasteiger partial charge in [-0.1, -0.05) is 6.07 Å². The van der Waals surface area contributed by atoms with Crippen molar-refractivity contribution >= 4 is 17.9 Å². The summed E-state index contributed by atoms with van der Waals surface area (Å²) in [5, 5.41) is 21.4. The molecule has 3 N–H and O–H groups in total. The van der Waals surface area contributed by atoms with Gasteiger partial charge in [0.05, 0.1) is 20.3 Å². The van der Waals surface area contributed by atoms with E-state index in [2.05, 4.69) is 39.8 Å². The molecule has 1 aromatic rings. The number of alkyl halides is 9. The van der Waals surface area contributed by atoms with Crippen LogP contribution in [-0.2, 0) is 25.7 Å². The fourth-order valence-electron chi connectivity index (χ4n) is 3.99. The van der Waals surface area contributed by atoms with Gasteiger partial charge in [-0.05, 0) is 33.1 Å². The smallest absolute Gasteiger partial charge is 0.481 e. The van der Waals surface area contributed by atoms with Gasteiger partial charge in [0, 0.05) is 56.4 Å². The second-order valence-corrected chi connectivity index (χ2v) is 10.2. The normalized spacial score (nSPS) is 19.1. The van der Waals surface area contributed by atoms with E-state index in [-0.39, 0.29) is 5.41 Å². The zero-order valence-corrected chi connectivity index (χ0v) is 24.9. The van der Waals surface area contributed by atoms with E-state index in [1.54, 1.807) is 13.3 Å². The van der Waals surface area contributed by atoms with E-state index in [1.165, 1.54) is 13.0 Å². The number of hydrogen-bond donors (Lipinski definition) is 3. The number of nitrogens with zero attached hydrogens (tertiary/aromatic N) is 4. The molecule has 21 heteroatoms. The van der Waals surface area contributed by atoms with Crippen molar-refractivity contribution in [3.63, 3.8) is 0 Å². The van der Waals surface area contributed by atoms with E-state index in [0.717, 1.165) is 63.9 Å². The average molecular weight is 691 g/mol. The summed E-state index contributed by atoms with van der Waals surface area (Å²) in [7, 11) is 5.98. The standard InChI is InChI=1S/C19H32N4O2.3C2HF3O2/c1-21(2)9-10-22-8-6-19(14-22)15-23(11-12-25-16-19)13-17-5-4-7-20-18(17)24-3;3*3-2(4,5)1(6)7/h4-5,7H,6,8-16H2,1-3H3;3*(H,6,7). The maximum Gasteiger partial charge on any atom is 0.490 e. The molecule has 2 aliphatic heterocycles. The molecule has 1 unspecified atom stereocenters. The summed E-state index contributed by atoms with van der Waals surface area (Å²) < 4.78 is 107. The summed E-state index contributed by atoms with van der Waals surface area (Å²) in [5.41, 5.74) is 1.42. The molecule has 2 aliphatic rings. The van der Waals surface area contributed by atoms with Crippen molar-refractivity contribution in [2.45, 2.75) is 31.5 Å². The monoisotopic (exact) mass is 690 g/mol. The van der Waals surface area contributed by atoms with Gasteiger partial charge in [0.1, 0.15) is 0 Å². The summed E-state index contributed by atoms with van der Waals surface area (Å²) in [6.45, 7) is 9.20. The van der Waals surface area contributed by atoms with Crippen molar-refractivity contribution in [3.8, 4) is 5.88 Å². The summed E-state index contributed by atoms with van der Waals surface area (Å²) in [5.74, 6) is -7.53. The van der Waals surface area contributed by atoms with Gasteiger partial charge in [-0.25, -0.2) is 19.4 Å². The Morgan fingerprint density at radius 1 is 0.913 bits per heavy atom. The molecule has 0 aromatic carbocycles. The van der Waals surface area contributed by atoms with Gasteiger partial charge in [0.15, 0.2) is 0 Å². The van der Waals surface area contributed by atoms with Crippen LogP contribution < -0.4 is 4.74 Å². The lowest BCUT2D eigenvalue weighted by atomic mass is 9.87. The molecule has 3 rings (SSSR count). The van der Waals surface area contributed by atoms with Crippen LogP contribution in [0.3, 0.4) is 0 Å². The summed E-state index contributed by atoms with van der Waals surface area (Å²) in [6.07, 6.45) is -12.2. The van der Waals surface area contributed by atoms with E-state index in [1.807, 2.05) is 6.07 Å². The van der Waals surface area contributed by atoms with Crippen LogP contribution in [0.5, 0.6) is 5.88 Å². The third kappa shape index (κ3) is 17.3. The molecule has 1 aromatic heterocycles. The molecule has 2 fully saturated rings. The van der Waals surface area contributed by atoms with Gasteiger partial charge in [-0.2, -0.15) is 39.5 Å². The molecule has 2 saturated heterocycles. The van der Waals surface area contributed by atoms with E-state index in [9.17, 15) is 39.5 Å². The maximum atomic E-state index is 10.6. The number of rotatable bonds is 6. The van der Waals surface area contributed by atoms with Gasteiger partial charge in [-0.15, -0.1) is 0 Å². The molecule has 0 radical (unpaired) electrons. The molecule has 0 aliphatic carbocycles. The third-order valence-corrected chi connectivity index (χ3v) is 6.06. The third-order valence-electron chi connectivity index (χ3n) is 6.06. The number of ether oxygens (including phenoxy) is 2. The number of carboxylic acids is 3. The van der Waals surface area contributed by atoms with Crippen LogP contribution in [-0.4, -0.2) is 145 Å². The lowest BCUT2D eigenvalue weighted by Gasteiger charge is -2.32. The number of hydrogen-bond acceptors (Lipinski definition) is 9. The minimum atomic E-state index is -5.08. The van der Waals surface area contributed by atoms with Gasteiger partial charge in [-0.3, -0.25) is 4.90 Å². The Morgan fingerprint density at radius 3 is 1.83 bits per heavy atom. The highest BCUT2D eigenvalue weighted by molar-refractivity contribution is 5.73. The Hall–Kier alpha value is -3.43. The van der Waals surface area contributed by atoms with Crippen LogP contribution in [0.15, 0.2) is 18.3 Å². The number of carbonyl (C=O) groups is 3.